The summed E-state index contributed by atoms with van der Waals surface area (Å²) in [6.45, 7) is 5.56. The molecule has 1 aliphatic rings. The molecule has 1 amide bonds. The number of aliphatic hydroxyl groups is 1. The smallest absolute Gasteiger partial charge is 0.332 e. The molecule has 3 rings (SSSR count). The number of carbonyl (C=O) groups is 1. The number of nitrogens with zero attached hydrogens (tertiary/aromatic N) is 2. The monoisotopic (exact) mass is 381 g/mol. The highest BCUT2D eigenvalue weighted by atomic mass is 32.1. The third-order valence-electron chi connectivity index (χ3n) is 4.45. The molecule has 2 aromatic rings. The molecule has 2 aromatic heterocycles. The summed E-state index contributed by atoms with van der Waals surface area (Å²) in [7, 11) is 1.60. The van der Waals surface area contributed by atoms with Gasteiger partial charge in [-0.25, -0.2) is 4.79 Å². The van der Waals surface area contributed by atoms with Crippen molar-refractivity contribution in [3.05, 3.63) is 31.3 Å². The van der Waals surface area contributed by atoms with Crippen molar-refractivity contribution in [2.45, 2.75) is 52.0 Å². The zero-order valence-electron chi connectivity index (χ0n) is 15.3. The highest BCUT2D eigenvalue weighted by Gasteiger charge is 2.31. The van der Waals surface area contributed by atoms with E-state index in [1.807, 2.05) is 13.8 Å². The second-order valence-corrected chi connectivity index (χ2v) is 8.38. The quantitative estimate of drug-likeness (QED) is 0.783. The molecule has 3 heterocycles. The molecule has 0 spiro atoms. The molecule has 0 aromatic carbocycles. The van der Waals surface area contributed by atoms with Crippen LogP contribution in [0.15, 0.2) is 9.59 Å². The highest BCUT2D eigenvalue weighted by Crippen LogP contribution is 2.36. The molecule has 142 valence electrons. The Hall–Kier alpha value is -1.97. The van der Waals surface area contributed by atoms with Gasteiger partial charge in [0.1, 0.15) is 11.4 Å². The van der Waals surface area contributed by atoms with Gasteiger partial charge < -0.3 is 15.2 Å². The van der Waals surface area contributed by atoms with Crippen LogP contribution in [0.25, 0.3) is 10.2 Å². The third kappa shape index (κ3) is 3.34. The number of ether oxygens (including phenoxy) is 1. The van der Waals surface area contributed by atoms with Crippen molar-refractivity contribution in [1.29, 1.82) is 0 Å². The minimum atomic E-state index is -0.702. The van der Waals surface area contributed by atoms with Crippen molar-refractivity contribution in [3.63, 3.8) is 0 Å². The average molecular weight is 381 g/mol. The first-order chi connectivity index (χ1) is 12.1. The van der Waals surface area contributed by atoms with Gasteiger partial charge in [0, 0.05) is 24.9 Å². The molecule has 0 fully saturated rings. The fourth-order valence-corrected chi connectivity index (χ4v) is 4.26. The lowest BCUT2D eigenvalue weighted by atomic mass is 9.94. The molecule has 2 N–H and O–H groups in total. The van der Waals surface area contributed by atoms with Crippen LogP contribution in [0.3, 0.4) is 0 Å². The molecule has 0 aliphatic carbocycles. The second kappa shape index (κ2) is 6.64. The van der Waals surface area contributed by atoms with Gasteiger partial charge in [-0.15, -0.1) is 11.3 Å². The summed E-state index contributed by atoms with van der Waals surface area (Å²) in [5, 5.41) is 12.3. The van der Waals surface area contributed by atoms with Crippen molar-refractivity contribution < 1.29 is 14.6 Å². The summed E-state index contributed by atoms with van der Waals surface area (Å²) in [5.74, 6) is -0.489. The normalized spacial score (nSPS) is 17.1. The number of amides is 1. The number of hydrogen-bond acceptors (Lipinski definition) is 6. The molecule has 8 nitrogen and oxygen atoms in total. The van der Waals surface area contributed by atoms with E-state index in [0.29, 0.717) is 23.2 Å². The van der Waals surface area contributed by atoms with Crippen LogP contribution in [-0.4, -0.2) is 38.4 Å². The lowest BCUT2D eigenvalue weighted by Gasteiger charge is -2.29. The fraction of sp³-hybridized carbons (Fsp3) is 0.588. The molecule has 26 heavy (non-hydrogen) atoms. The predicted octanol–water partition coefficient (Wildman–Crippen LogP) is 0.110. The number of fused-ring (bicyclic) bond motifs is 3. The summed E-state index contributed by atoms with van der Waals surface area (Å²) in [5.41, 5.74) is -0.472. The first kappa shape index (κ1) is 18.8. The van der Waals surface area contributed by atoms with Crippen molar-refractivity contribution in [2.24, 2.45) is 7.05 Å². The van der Waals surface area contributed by atoms with E-state index in [4.69, 9.17) is 4.74 Å². The molecular formula is C17H23N3O5S. The largest absolute Gasteiger partial charge is 0.392 e. The molecule has 0 bridgehead atoms. The lowest BCUT2D eigenvalue weighted by Crippen LogP contribution is -2.44. The Kier molecular flexibility index (Phi) is 4.80. The zero-order chi connectivity index (χ0) is 19.2. The fourth-order valence-electron chi connectivity index (χ4n) is 3.09. The van der Waals surface area contributed by atoms with Crippen molar-refractivity contribution in [1.82, 2.24) is 14.5 Å². The van der Waals surface area contributed by atoms with Crippen LogP contribution in [0.1, 0.15) is 31.2 Å². The predicted molar refractivity (Wildman–Crippen MR) is 98.6 cm³/mol. The van der Waals surface area contributed by atoms with Crippen LogP contribution in [-0.2, 0) is 36.2 Å². The maximum atomic E-state index is 13.0. The third-order valence-corrected chi connectivity index (χ3v) is 5.73. The minimum Gasteiger partial charge on any atom is -0.392 e. The maximum absolute atomic E-state index is 13.0. The van der Waals surface area contributed by atoms with Gasteiger partial charge in [0.05, 0.1) is 23.7 Å². The maximum Gasteiger partial charge on any atom is 0.332 e. The summed E-state index contributed by atoms with van der Waals surface area (Å²) >= 11 is 1.39. The highest BCUT2D eigenvalue weighted by molar-refractivity contribution is 7.18. The van der Waals surface area contributed by atoms with E-state index in [-0.39, 0.29) is 18.7 Å². The molecule has 1 aliphatic heterocycles. The van der Waals surface area contributed by atoms with Crippen molar-refractivity contribution in [3.8, 4) is 0 Å². The van der Waals surface area contributed by atoms with Gasteiger partial charge >= 0.3 is 5.69 Å². The number of aromatic nitrogens is 2. The van der Waals surface area contributed by atoms with E-state index < -0.39 is 23.3 Å². The zero-order valence-corrected chi connectivity index (χ0v) is 16.1. The Bertz CT molecular complexity index is 983. The van der Waals surface area contributed by atoms with E-state index >= 15 is 0 Å². The molecule has 0 radical (unpaired) electrons. The number of hydrogen-bond donors (Lipinski definition) is 2. The van der Waals surface area contributed by atoms with Gasteiger partial charge in [-0.05, 0) is 26.3 Å². The number of nitrogens with one attached hydrogen (secondary N) is 1. The van der Waals surface area contributed by atoms with Crippen LogP contribution in [0.2, 0.25) is 0 Å². The molecule has 1 atom stereocenters. The summed E-state index contributed by atoms with van der Waals surface area (Å²) in [6.07, 6.45) is -0.128. The Morgan fingerprint density at radius 1 is 1.42 bits per heavy atom. The van der Waals surface area contributed by atoms with Gasteiger partial charge in [0.2, 0.25) is 5.91 Å². The van der Waals surface area contributed by atoms with Gasteiger partial charge in [-0.3, -0.25) is 18.7 Å². The number of aryl methyl sites for hydroxylation is 1. The Labute approximate surface area is 154 Å². The van der Waals surface area contributed by atoms with Gasteiger partial charge in [0.15, 0.2) is 0 Å². The molecule has 0 saturated heterocycles. The van der Waals surface area contributed by atoms with Crippen LogP contribution < -0.4 is 16.6 Å². The first-order valence-electron chi connectivity index (χ1n) is 8.43. The van der Waals surface area contributed by atoms with Crippen LogP contribution in [0.4, 0.5) is 0 Å². The van der Waals surface area contributed by atoms with Gasteiger partial charge in [0.25, 0.3) is 5.56 Å². The van der Waals surface area contributed by atoms with Crippen LogP contribution in [0, 0.1) is 0 Å². The number of thiophene rings is 1. The molecule has 0 saturated carbocycles. The molecular weight excluding hydrogens is 358 g/mol. The minimum absolute atomic E-state index is 0.0650. The van der Waals surface area contributed by atoms with E-state index in [9.17, 15) is 19.5 Å². The van der Waals surface area contributed by atoms with Gasteiger partial charge in [-0.2, -0.15) is 0 Å². The van der Waals surface area contributed by atoms with Crippen LogP contribution >= 0.6 is 11.3 Å². The standard InChI is InChI=1S/C17H23N3O5S/c1-9(21)6-18-12(22)7-20-14(23)13-10-5-17(2,3)25-8-11(10)26-15(13)19(4)16(20)24/h9,21H,5-8H2,1-4H3,(H,18,22)/t9-/m1/s1. The number of carbonyl (C=O) groups excluding carboxylic acids is 1. The van der Waals surface area contributed by atoms with Crippen molar-refractivity contribution >= 4 is 27.5 Å². The molecule has 0 unspecified atom stereocenters. The number of rotatable bonds is 4. The molecule has 9 heteroatoms. The average Bonchev–Trinajstić information content (AvgIpc) is 2.92. The lowest BCUT2D eigenvalue weighted by molar-refractivity contribution is -0.122. The van der Waals surface area contributed by atoms with E-state index in [1.54, 1.807) is 14.0 Å². The Balaban J connectivity index is 2.10. The topological polar surface area (TPSA) is 103 Å². The Morgan fingerprint density at radius 3 is 2.77 bits per heavy atom. The first-order valence-corrected chi connectivity index (χ1v) is 9.25. The summed E-state index contributed by atoms with van der Waals surface area (Å²) in [6, 6.07) is 0. The van der Waals surface area contributed by atoms with Crippen LogP contribution in [0.5, 0.6) is 0 Å². The SMILES string of the molecule is C[C@@H](O)CNC(=O)Cn1c(=O)c2c3c(sc2n(C)c1=O)COC(C)(C)C3. The van der Waals surface area contributed by atoms with E-state index in [2.05, 4.69) is 5.32 Å². The van der Waals surface area contributed by atoms with E-state index in [0.717, 1.165) is 15.0 Å². The van der Waals surface area contributed by atoms with Crippen molar-refractivity contribution in [2.75, 3.05) is 6.54 Å². The number of aliphatic hydroxyl groups excluding tert-OH is 1. The summed E-state index contributed by atoms with van der Waals surface area (Å²) < 4.78 is 8.17. The second-order valence-electron chi connectivity index (χ2n) is 7.30. The van der Waals surface area contributed by atoms with Gasteiger partial charge in [-0.1, -0.05) is 0 Å². The Morgan fingerprint density at radius 2 is 2.12 bits per heavy atom. The summed E-state index contributed by atoms with van der Waals surface area (Å²) in [4.78, 5) is 39.2. The van der Waals surface area contributed by atoms with E-state index in [1.165, 1.54) is 15.9 Å².